The predicted octanol–water partition coefficient (Wildman–Crippen LogP) is 2.91. The molecule has 0 unspecified atom stereocenters. The average molecular weight is 393 g/mol. The second-order valence-corrected chi connectivity index (χ2v) is 7.94. The fourth-order valence-electron chi connectivity index (χ4n) is 4.83. The number of methoxy groups -OCH3 is 3. The highest BCUT2D eigenvalue weighted by Gasteiger charge is 2.33. The molecule has 28 heavy (non-hydrogen) atoms. The molecule has 1 saturated heterocycles. The van der Waals surface area contributed by atoms with Crippen molar-refractivity contribution in [3.8, 4) is 17.2 Å². The van der Waals surface area contributed by atoms with Crippen LogP contribution in [-0.4, -0.2) is 74.6 Å². The van der Waals surface area contributed by atoms with Gasteiger partial charge in [0.15, 0.2) is 0 Å². The van der Waals surface area contributed by atoms with Crippen molar-refractivity contribution in [1.29, 1.82) is 0 Å². The molecule has 2 fully saturated rings. The van der Waals surface area contributed by atoms with Crippen molar-refractivity contribution in [2.45, 2.75) is 57.2 Å². The molecule has 0 aromatic heterocycles. The molecule has 0 amide bonds. The molecule has 1 aromatic rings. The van der Waals surface area contributed by atoms with Gasteiger partial charge in [0.2, 0.25) is 0 Å². The molecular weight excluding hydrogens is 356 g/mol. The quantitative estimate of drug-likeness (QED) is 0.734. The highest BCUT2D eigenvalue weighted by molar-refractivity contribution is 5.50. The maximum atomic E-state index is 9.63. The third-order valence-electron chi connectivity index (χ3n) is 6.32. The van der Waals surface area contributed by atoms with Gasteiger partial charge in [-0.1, -0.05) is 19.3 Å². The summed E-state index contributed by atoms with van der Waals surface area (Å²) in [6, 6.07) is 4.94. The van der Waals surface area contributed by atoms with Gasteiger partial charge in [0.05, 0.1) is 26.9 Å². The second kappa shape index (κ2) is 10.3. The predicted molar refractivity (Wildman–Crippen MR) is 110 cm³/mol. The molecule has 1 N–H and O–H groups in total. The van der Waals surface area contributed by atoms with E-state index in [1.807, 2.05) is 12.1 Å². The number of aliphatic hydroxyl groups excluding tert-OH is 1. The molecule has 1 atom stereocenters. The van der Waals surface area contributed by atoms with E-state index in [4.69, 9.17) is 14.2 Å². The van der Waals surface area contributed by atoms with Crippen molar-refractivity contribution in [3.05, 3.63) is 17.7 Å². The summed E-state index contributed by atoms with van der Waals surface area (Å²) in [7, 11) is 5.03. The Balaban J connectivity index is 1.73. The SMILES string of the molecule is COc1cc(OC)c(CN2CCN(C3CCCCC3)[C@H](CCO)C2)c(OC)c1. The Labute approximate surface area is 169 Å². The zero-order valence-corrected chi connectivity index (χ0v) is 17.7. The Kier molecular flexibility index (Phi) is 7.82. The lowest BCUT2D eigenvalue weighted by Crippen LogP contribution is -2.56. The first-order valence-corrected chi connectivity index (χ1v) is 10.6. The maximum Gasteiger partial charge on any atom is 0.130 e. The van der Waals surface area contributed by atoms with Crippen LogP contribution in [-0.2, 0) is 6.54 Å². The van der Waals surface area contributed by atoms with Crippen molar-refractivity contribution >= 4 is 0 Å². The maximum absolute atomic E-state index is 9.63. The molecule has 158 valence electrons. The molecule has 6 nitrogen and oxygen atoms in total. The lowest BCUT2D eigenvalue weighted by Gasteiger charge is -2.46. The van der Waals surface area contributed by atoms with Crippen LogP contribution < -0.4 is 14.2 Å². The second-order valence-electron chi connectivity index (χ2n) is 7.94. The van der Waals surface area contributed by atoms with Gasteiger partial charge in [-0.15, -0.1) is 0 Å². The number of hydrogen-bond acceptors (Lipinski definition) is 6. The van der Waals surface area contributed by atoms with E-state index in [1.54, 1.807) is 21.3 Å². The first-order chi connectivity index (χ1) is 13.7. The van der Waals surface area contributed by atoms with E-state index in [0.29, 0.717) is 12.1 Å². The van der Waals surface area contributed by atoms with Gasteiger partial charge < -0.3 is 19.3 Å². The van der Waals surface area contributed by atoms with E-state index in [-0.39, 0.29) is 6.61 Å². The molecule has 6 heteroatoms. The molecule has 3 rings (SSSR count). The third-order valence-corrected chi connectivity index (χ3v) is 6.32. The smallest absolute Gasteiger partial charge is 0.130 e. The van der Waals surface area contributed by atoms with E-state index < -0.39 is 0 Å². The number of rotatable bonds is 8. The zero-order valence-electron chi connectivity index (χ0n) is 17.7. The van der Waals surface area contributed by atoms with Gasteiger partial charge in [-0.05, 0) is 19.3 Å². The fourth-order valence-corrected chi connectivity index (χ4v) is 4.83. The Bertz CT molecular complexity index is 594. The van der Waals surface area contributed by atoms with Crippen LogP contribution in [0.15, 0.2) is 12.1 Å². The number of piperazine rings is 1. The first-order valence-electron chi connectivity index (χ1n) is 10.6. The highest BCUT2D eigenvalue weighted by atomic mass is 16.5. The zero-order chi connectivity index (χ0) is 19.9. The van der Waals surface area contributed by atoms with Crippen LogP contribution in [0, 0.1) is 0 Å². The van der Waals surface area contributed by atoms with Gasteiger partial charge in [0.25, 0.3) is 0 Å². The molecule has 1 aliphatic heterocycles. The van der Waals surface area contributed by atoms with Crippen LogP contribution in [0.25, 0.3) is 0 Å². The van der Waals surface area contributed by atoms with Gasteiger partial charge in [-0.3, -0.25) is 9.80 Å². The summed E-state index contributed by atoms with van der Waals surface area (Å²) in [4.78, 5) is 5.14. The minimum absolute atomic E-state index is 0.247. The average Bonchev–Trinajstić information content (AvgIpc) is 2.74. The Morgan fingerprint density at radius 1 is 0.964 bits per heavy atom. The van der Waals surface area contributed by atoms with Gasteiger partial charge >= 0.3 is 0 Å². The molecule has 0 radical (unpaired) electrons. The standard InChI is InChI=1S/C22H36N2O4/c1-26-19-13-21(27-2)20(22(14-19)28-3)16-23-10-11-24(18(15-23)9-12-25)17-7-5-4-6-8-17/h13-14,17-18,25H,4-12,15-16H2,1-3H3/t18-/m1/s1. The van der Waals surface area contributed by atoms with Crippen molar-refractivity contribution in [1.82, 2.24) is 9.80 Å². The van der Waals surface area contributed by atoms with Gasteiger partial charge in [-0.25, -0.2) is 0 Å². The van der Waals surface area contributed by atoms with Crippen LogP contribution in [0.1, 0.15) is 44.1 Å². The fraction of sp³-hybridized carbons (Fsp3) is 0.727. The normalized spacial score (nSPS) is 22.2. The molecule has 2 aliphatic rings. The van der Waals surface area contributed by atoms with E-state index >= 15 is 0 Å². The first kappa shape index (κ1) is 21.2. The minimum Gasteiger partial charge on any atom is -0.496 e. The molecule has 0 spiro atoms. The lowest BCUT2D eigenvalue weighted by molar-refractivity contribution is 0.0132. The summed E-state index contributed by atoms with van der Waals surface area (Å²) in [5.41, 5.74) is 1.06. The van der Waals surface area contributed by atoms with Crippen LogP contribution in [0.4, 0.5) is 0 Å². The summed E-state index contributed by atoms with van der Waals surface area (Å²) in [5.74, 6) is 2.33. The number of ether oxygens (including phenoxy) is 3. The van der Waals surface area contributed by atoms with Crippen LogP contribution in [0.2, 0.25) is 0 Å². The summed E-state index contributed by atoms with van der Waals surface area (Å²) in [6.45, 7) is 4.08. The molecule has 1 aromatic carbocycles. The molecule has 0 bridgehead atoms. The van der Waals surface area contributed by atoms with Crippen LogP contribution in [0.5, 0.6) is 17.2 Å². The van der Waals surface area contributed by atoms with E-state index in [2.05, 4.69) is 9.80 Å². The van der Waals surface area contributed by atoms with Gasteiger partial charge in [0.1, 0.15) is 17.2 Å². The van der Waals surface area contributed by atoms with Crippen molar-refractivity contribution < 1.29 is 19.3 Å². The number of benzene rings is 1. The van der Waals surface area contributed by atoms with Crippen molar-refractivity contribution in [2.24, 2.45) is 0 Å². The lowest BCUT2D eigenvalue weighted by atomic mass is 9.91. The van der Waals surface area contributed by atoms with Crippen molar-refractivity contribution in [3.63, 3.8) is 0 Å². The summed E-state index contributed by atoms with van der Waals surface area (Å²) in [6.07, 6.45) is 7.51. The Hall–Kier alpha value is -1.50. The van der Waals surface area contributed by atoms with Crippen molar-refractivity contribution in [2.75, 3.05) is 47.6 Å². The third kappa shape index (κ3) is 4.91. The van der Waals surface area contributed by atoms with Crippen LogP contribution in [0.3, 0.4) is 0 Å². The van der Waals surface area contributed by atoms with E-state index in [1.165, 1.54) is 32.1 Å². The van der Waals surface area contributed by atoms with Gasteiger partial charge in [-0.2, -0.15) is 0 Å². The van der Waals surface area contributed by atoms with Gasteiger partial charge in [0, 0.05) is 57.0 Å². The van der Waals surface area contributed by atoms with E-state index in [0.717, 1.165) is 55.4 Å². The molecular formula is C22H36N2O4. The van der Waals surface area contributed by atoms with E-state index in [9.17, 15) is 5.11 Å². The molecule has 1 heterocycles. The topological polar surface area (TPSA) is 54.4 Å². The Morgan fingerprint density at radius 2 is 1.64 bits per heavy atom. The highest BCUT2D eigenvalue weighted by Crippen LogP contribution is 2.36. The molecule has 1 saturated carbocycles. The summed E-state index contributed by atoms with van der Waals surface area (Å²) >= 11 is 0. The Morgan fingerprint density at radius 3 is 2.21 bits per heavy atom. The number of hydrogen-bond donors (Lipinski definition) is 1. The summed E-state index contributed by atoms with van der Waals surface area (Å²) in [5, 5.41) is 9.63. The number of aliphatic hydroxyl groups is 1. The monoisotopic (exact) mass is 392 g/mol. The summed E-state index contributed by atoms with van der Waals surface area (Å²) < 4.78 is 16.6. The minimum atomic E-state index is 0.247. The molecule has 1 aliphatic carbocycles. The number of nitrogens with zero attached hydrogens (tertiary/aromatic N) is 2. The largest absolute Gasteiger partial charge is 0.496 e. The van der Waals surface area contributed by atoms with Crippen LogP contribution >= 0.6 is 0 Å².